The lowest BCUT2D eigenvalue weighted by Gasteiger charge is -2.56. The van der Waals surface area contributed by atoms with Crippen molar-refractivity contribution in [2.75, 3.05) is 25.0 Å². The topological polar surface area (TPSA) is 60.0 Å². The Balaban J connectivity index is 1.17. The SMILES string of the molecule is [2H]C([2H])([2H])Oc1ccc(CN2C3CC2CN(c2ccc(B4OC(C)(C)C(C)(C)O4)cn2)C3)cn1. The largest absolute Gasteiger partial charge is 0.496 e. The van der Waals surface area contributed by atoms with Gasteiger partial charge in [0.2, 0.25) is 5.88 Å². The highest BCUT2D eigenvalue weighted by atomic mass is 16.7. The number of ether oxygens (including phenoxy) is 1. The minimum atomic E-state index is -2.48. The molecule has 2 aromatic rings. The summed E-state index contributed by atoms with van der Waals surface area (Å²) in [7, 11) is -2.88. The van der Waals surface area contributed by atoms with E-state index in [1.807, 2.05) is 12.3 Å². The molecule has 0 aliphatic carbocycles. The normalized spacial score (nSPS) is 28.5. The summed E-state index contributed by atoms with van der Waals surface area (Å²) in [6, 6.07) is 8.54. The van der Waals surface area contributed by atoms with Crippen LogP contribution in [0.4, 0.5) is 5.82 Å². The number of piperazine rings is 1. The van der Waals surface area contributed by atoms with Gasteiger partial charge < -0.3 is 18.9 Å². The molecule has 2 aromatic heterocycles. The van der Waals surface area contributed by atoms with Crippen molar-refractivity contribution in [2.45, 2.75) is 63.9 Å². The van der Waals surface area contributed by atoms with Gasteiger partial charge in [0.05, 0.1) is 22.4 Å². The number of fused-ring (bicyclic) bond motifs is 2. The van der Waals surface area contributed by atoms with E-state index in [2.05, 4.69) is 54.6 Å². The van der Waals surface area contributed by atoms with E-state index in [4.69, 9.17) is 23.1 Å². The van der Waals surface area contributed by atoms with E-state index in [-0.39, 0.29) is 17.1 Å². The Hall–Kier alpha value is -2.16. The summed E-state index contributed by atoms with van der Waals surface area (Å²) < 4.78 is 38.7. The van der Waals surface area contributed by atoms with Crippen LogP contribution >= 0.6 is 0 Å². The summed E-state index contributed by atoms with van der Waals surface area (Å²) >= 11 is 0. The summed E-state index contributed by atoms with van der Waals surface area (Å²) in [5.41, 5.74) is 1.24. The monoisotopic (exact) mass is 425 g/mol. The fourth-order valence-electron chi connectivity index (χ4n) is 4.61. The summed E-state index contributed by atoms with van der Waals surface area (Å²) in [4.78, 5) is 13.7. The van der Waals surface area contributed by atoms with Crippen molar-refractivity contribution in [1.82, 2.24) is 14.9 Å². The van der Waals surface area contributed by atoms with Crippen molar-refractivity contribution >= 4 is 18.4 Å². The molecular weight excluding hydrogens is 391 g/mol. The van der Waals surface area contributed by atoms with E-state index in [0.717, 1.165) is 36.5 Å². The predicted octanol–water partition coefficient (Wildman–Crippen LogP) is 2.25. The van der Waals surface area contributed by atoms with Crippen LogP contribution in [-0.4, -0.2) is 65.4 Å². The third-order valence-electron chi connectivity index (χ3n) is 7.23. The molecule has 0 N–H and O–H groups in total. The Morgan fingerprint density at radius 1 is 1.06 bits per heavy atom. The zero-order valence-corrected chi connectivity index (χ0v) is 18.5. The molecule has 0 spiro atoms. The Labute approximate surface area is 189 Å². The number of piperidine rings is 1. The quantitative estimate of drug-likeness (QED) is 0.681. The van der Waals surface area contributed by atoms with Crippen molar-refractivity contribution in [2.24, 2.45) is 0 Å². The molecule has 2 bridgehead atoms. The number of hydrogen-bond acceptors (Lipinski definition) is 7. The van der Waals surface area contributed by atoms with E-state index in [1.54, 1.807) is 12.3 Å². The molecule has 0 amide bonds. The van der Waals surface area contributed by atoms with Gasteiger partial charge in [-0.2, -0.15) is 0 Å². The van der Waals surface area contributed by atoms with Crippen LogP contribution in [0.3, 0.4) is 0 Å². The molecular formula is C23H31BN4O3. The van der Waals surface area contributed by atoms with Gasteiger partial charge in [-0.25, -0.2) is 9.97 Å². The fourth-order valence-corrected chi connectivity index (χ4v) is 4.61. The summed E-state index contributed by atoms with van der Waals surface area (Å²) in [5, 5.41) is 0. The van der Waals surface area contributed by atoms with Gasteiger partial charge in [0.1, 0.15) is 5.82 Å². The molecule has 0 radical (unpaired) electrons. The third-order valence-corrected chi connectivity index (χ3v) is 7.23. The van der Waals surface area contributed by atoms with Crippen LogP contribution in [0.15, 0.2) is 36.7 Å². The highest BCUT2D eigenvalue weighted by Crippen LogP contribution is 2.37. The fraction of sp³-hybridized carbons (Fsp3) is 0.565. The average Bonchev–Trinajstić information content (AvgIpc) is 2.99. The van der Waals surface area contributed by atoms with E-state index in [0.29, 0.717) is 12.1 Å². The van der Waals surface area contributed by atoms with Crippen molar-refractivity contribution < 1.29 is 18.2 Å². The Kier molecular flexibility index (Phi) is 4.19. The van der Waals surface area contributed by atoms with Crippen LogP contribution in [-0.2, 0) is 15.9 Å². The van der Waals surface area contributed by atoms with Gasteiger partial charge in [0.25, 0.3) is 0 Å². The molecule has 4 fully saturated rings. The van der Waals surface area contributed by atoms with Gasteiger partial charge in [0, 0.05) is 55.6 Å². The summed E-state index contributed by atoms with van der Waals surface area (Å²) in [5.74, 6) is 1.09. The van der Waals surface area contributed by atoms with E-state index in [9.17, 15) is 0 Å². The number of hydrogen-bond donors (Lipinski definition) is 0. The van der Waals surface area contributed by atoms with Crippen LogP contribution in [0.1, 0.15) is 43.8 Å². The van der Waals surface area contributed by atoms with Gasteiger partial charge in [-0.15, -0.1) is 0 Å². The Morgan fingerprint density at radius 2 is 1.81 bits per heavy atom. The molecule has 7 nitrogen and oxygen atoms in total. The first-order chi connectivity index (χ1) is 15.9. The molecule has 164 valence electrons. The Bertz CT molecular complexity index is 1010. The van der Waals surface area contributed by atoms with Crippen molar-refractivity contribution in [3.63, 3.8) is 0 Å². The standard InChI is InChI=1S/C23H31BN4O3/c1-22(2)23(3,4)31-24(30-22)17-7-8-20(25-12-17)27-14-18-10-19(15-27)28(18)13-16-6-9-21(29-5)26-11-16/h6-9,11-12,18-19H,10,13-15H2,1-5H3/i5D3. The molecule has 2 unspecified atom stereocenters. The van der Waals surface area contributed by atoms with Crippen LogP contribution in [0, 0.1) is 0 Å². The average molecular weight is 425 g/mol. The molecule has 4 aliphatic rings. The van der Waals surface area contributed by atoms with Gasteiger partial charge >= 0.3 is 7.12 Å². The van der Waals surface area contributed by atoms with Gasteiger partial charge in [0.15, 0.2) is 0 Å². The molecule has 4 saturated heterocycles. The van der Waals surface area contributed by atoms with Crippen molar-refractivity contribution in [1.29, 1.82) is 0 Å². The number of methoxy groups -OCH3 is 1. The minimum absolute atomic E-state index is 0.119. The second-order valence-corrected chi connectivity index (χ2v) is 9.77. The first-order valence-electron chi connectivity index (χ1n) is 12.4. The summed E-state index contributed by atoms with van der Waals surface area (Å²) in [6.45, 7) is 10.8. The smallest absolute Gasteiger partial charge is 0.481 e. The summed E-state index contributed by atoms with van der Waals surface area (Å²) in [6.07, 6.45) is 4.74. The van der Waals surface area contributed by atoms with E-state index < -0.39 is 14.2 Å². The number of pyridine rings is 2. The number of aromatic nitrogens is 2. The zero-order valence-electron chi connectivity index (χ0n) is 21.5. The maximum Gasteiger partial charge on any atom is 0.496 e. The highest BCUT2D eigenvalue weighted by molar-refractivity contribution is 6.62. The lowest BCUT2D eigenvalue weighted by atomic mass is 9.80. The number of nitrogens with zero attached hydrogens (tertiary/aromatic N) is 4. The van der Waals surface area contributed by atoms with Crippen LogP contribution in [0.2, 0.25) is 0 Å². The minimum Gasteiger partial charge on any atom is -0.481 e. The number of rotatable bonds is 5. The second-order valence-electron chi connectivity index (χ2n) is 9.77. The molecule has 8 heteroatoms. The van der Waals surface area contributed by atoms with Gasteiger partial charge in [-0.3, -0.25) is 4.90 Å². The zero-order chi connectivity index (χ0) is 24.3. The highest BCUT2D eigenvalue weighted by Gasteiger charge is 2.52. The molecule has 6 rings (SSSR count). The molecule has 4 aliphatic heterocycles. The van der Waals surface area contributed by atoms with Crippen LogP contribution < -0.4 is 15.1 Å². The molecule has 2 atom stereocenters. The predicted molar refractivity (Wildman–Crippen MR) is 121 cm³/mol. The molecule has 0 aromatic carbocycles. The van der Waals surface area contributed by atoms with E-state index in [1.165, 1.54) is 6.42 Å². The van der Waals surface area contributed by atoms with Crippen molar-refractivity contribution in [3.05, 3.63) is 42.2 Å². The molecule has 0 saturated carbocycles. The van der Waals surface area contributed by atoms with Crippen LogP contribution in [0.5, 0.6) is 5.88 Å². The maximum absolute atomic E-state index is 7.18. The van der Waals surface area contributed by atoms with Crippen molar-refractivity contribution in [3.8, 4) is 5.88 Å². The van der Waals surface area contributed by atoms with E-state index >= 15 is 0 Å². The van der Waals surface area contributed by atoms with Gasteiger partial charge in [-0.1, -0.05) is 12.1 Å². The lowest BCUT2D eigenvalue weighted by molar-refractivity contribution is -0.00876. The number of anilines is 1. The maximum atomic E-state index is 7.18. The third kappa shape index (κ3) is 3.71. The molecule has 31 heavy (non-hydrogen) atoms. The molecule has 6 heterocycles. The van der Waals surface area contributed by atoms with Crippen LogP contribution in [0.25, 0.3) is 0 Å². The Morgan fingerprint density at radius 3 is 2.39 bits per heavy atom. The second kappa shape index (κ2) is 7.47. The first kappa shape index (κ1) is 17.4. The first-order valence-corrected chi connectivity index (χ1v) is 10.9. The lowest BCUT2D eigenvalue weighted by Crippen LogP contribution is -2.68. The van der Waals surface area contributed by atoms with Gasteiger partial charge in [-0.05, 0) is 45.7 Å².